The molecular formula is C20H16N2. The van der Waals surface area contributed by atoms with Gasteiger partial charge in [-0.3, -0.25) is 0 Å². The highest BCUT2D eigenvalue weighted by Gasteiger charge is 2.09. The fourth-order valence-electron chi connectivity index (χ4n) is 2.20. The van der Waals surface area contributed by atoms with Crippen LogP contribution in [-0.2, 0) is 0 Å². The van der Waals surface area contributed by atoms with Crippen LogP contribution < -0.4 is 0 Å². The van der Waals surface area contributed by atoms with Crippen molar-refractivity contribution < 1.29 is 0 Å². The van der Waals surface area contributed by atoms with Crippen LogP contribution in [0, 0.1) is 0 Å². The molecule has 0 radical (unpaired) electrons. The van der Waals surface area contributed by atoms with Gasteiger partial charge in [0.05, 0.1) is 11.4 Å². The molecule has 0 aliphatic heterocycles. The molecule has 0 fully saturated rings. The Kier molecular flexibility index (Phi) is 3.92. The van der Waals surface area contributed by atoms with Crippen LogP contribution in [0.3, 0.4) is 0 Å². The average molecular weight is 284 g/mol. The monoisotopic (exact) mass is 284 g/mol. The maximum Gasteiger partial charge on any atom is 0.159 e. The summed E-state index contributed by atoms with van der Waals surface area (Å²) in [4.78, 5) is 9.24. The summed E-state index contributed by atoms with van der Waals surface area (Å²) < 4.78 is 0. The molecule has 0 amide bonds. The predicted octanol–water partition coefficient (Wildman–Crippen LogP) is 5.01. The van der Waals surface area contributed by atoms with Gasteiger partial charge >= 0.3 is 0 Å². The lowest BCUT2D eigenvalue weighted by Crippen LogP contribution is -1.97. The summed E-state index contributed by atoms with van der Waals surface area (Å²) in [5.41, 5.74) is 4.59. The van der Waals surface area contributed by atoms with Crippen LogP contribution in [0.25, 0.3) is 28.1 Å². The van der Waals surface area contributed by atoms with Gasteiger partial charge < -0.3 is 0 Å². The molecule has 3 rings (SSSR count). The van der Waals surface area contributed by atoms with Gasteiger partial charge in [-0.1, -0.05) is 79.9 Å². The SMILES string of the molecule is C=CC(=C)c1nc(-c2ccccc2)cc(-c2ccccc2)n1. The van der Waals surface area contributed by atoms with E-state index in [0.29, 0.717) is 5.82 Å². The number of nitrogens with zero attached hydrogens (tertiary/aromatic N) is 2. The minimum atomic E-state index is 0.607. The van der Waals surface area contributed by atoms with Gasteiger partial charge in [-0.25, -0.2) is 9.97 Å². The first-order chi connectivity index (χ1) is 10.8. The van der Waals surface area contributed by atoms with Crippen LogP contribution in [0.2, 0.25) is 0 Å². The summed E-state index contributed by atoms with van der Waals surface area (Å²) in [6, 6.07) is 22.2. The van der Waals surface area contributed by atoms with Gasteiger partial charge in [0.25, 0.3) is 0 Å². The van der Waals surface area contributed by atoms with Crippen molar-refractivity contribution in [2.75, 3.05) is 0 Å². The molecule has 1 heterocycles. The summed E-state index contributed by atoms with van der Waals surface area (Å²) in [6.45, 7) is 7.73. The van der Waals surface area contributed by atoms with E-state index in [1.54, 1.807) is 6.08 Å². The van der Waals surface area contributed by atoms with Crippen molar-refractivity contribution in [3.05, 3.63) is 91.8 Å². The Bertz CT molecular complexity index is 748. The first kappa shape index (κ1) is 14.0. The average Bonchev–Trinajstić information content (AvgIpc) is 2.62. The van der Waals surface area contributed by atoms with E-state index < -0.39 is 0 Å². The number of allylic oxidation sites excluding steroid dienone is 2. The molecule has 2 nitrogen and oxygen atoms in total. The van der Waals surface area contributed by atoms with Crippen molar-refractivity contribution in [1.29, 1.82) is 0 Å². The Hall–Kier alpha value is -3.00. The number of rotatable bonds is 4. The molecule has 2 aromatic carbocycles. The first-order valence-corrected chi connectivity index (χ1v) is 7.09. The molecule has 106 valence electrons. The molecule has 0 spiro atoms. The van der Waals surface area contributed by atoms with E-state index in [4.69, 9.17) is 0 Å². The second-order valence-corrected chi connectivity index (χ2v) is 4.92. The third-order valence-corrected chi connectivity index (χ3v) is 3.40. The molecular weight excluding hydrogens is 268 g/mol. The molecule has 22 heavy (non-hydrogen) atoms. The molecule has 0 aliphatic rings. The quantitative estimate of drug-likeness (QED) is 0.629. The minimum Gasteiger partial charge on any atom is -0.228 e. The van der Waals surface area contributed by atoms with Gasteiger partial charge in [-0.15, -0.1) is 0 Å². The zero-order chi connectivity index (χ0) is 15.4. The highest BCUT2D eigenvalue weighted by Crippen LogP contribution is 2.25. The topological polar surface area (TPSA) is 25.8 Å². The zero-order valence-corrected chi connectivity index (χ0v) is 12.2. The largest absolute Gasteiger partial charge is 0.228 e. The van der Waals surface area contributed by atoms with E-state index >= 15 is 0 Å². The Morgan fingerprint density at radius 3 is 1.64 bits per heavy atom. The lowest BCUT2D eigenvalue weighted by molar-refractivity contribution is 1.13. The molecule has 2 heteroatoms. The number of aromatic nitrogens is 2. The van der Waals surface area contributed by atoms with Crippen LogP contribution in [0.4, 0.5) is 0 Å². The van der Waals surface area contributed by atoms with Crippen LogP contribution in [-0.4, -0.2) is 9.97 Å². The predicted molar refractivity (Wildman–Crippen MR) is 92.1 cm³/mol. The molecule has 0 saturated carbocycles. The molecule has 1 aromatic heterocycles. The highest BCUT2D eigenvalue weighted by molar-refractivity contribution is 5.73. The molecule has 0 atom stereocenters. The molecule has 0 saturated heterocycles. The molecule has 0 N–H and O–H groups in total. The Morgan fingerprint density at radius 1 is 0.773 bits per heavy atom. The van der Waals surface area contributed by atoms with Crippen molar-refractivity contribution in [2.24, 2.45) is 0 Å². The maximum atomic E-state index is 4.62. The normalized spacial score (nSPS) is 10.2. The standard InChI is InChI=1S/C20H16N2/c1-3-15(2)20-21-18(16-10-6-4-7-11-16)14-19(22-20)17-12-8-5-9-13-17/h3-14H,1-2H2. The van der Waals surface area contributed by atoms with Gasteiger partial charge in [0.1, 0.15) is 0 Å². The highest BCUT2D eigenvalue weighted by atomic mass is 14.9. The summed E-state index contributed by atoms with van der Waals surface area (Å²) >= 11 is 0. The second kappa shape index (κ2) is 6.19. The van der Waals surface area contributed by atoms with E-state index in [9.17, 15) is 0 Å². The zero-order valence-electron chi connectivity index (χ0n) is 12.2. The van der Waals surface area contributed by atoms with E-state index in [2.05, 4.69) is 23.1 Å². The van der Waals surface area contributed by atoms with E-state index in [-0.39, 0.29) is 0 Å². The second-order valence-electron chi connectivity index (χ2n) is 4.92. The summed E-state index contributed by atoms with van der Waals surface area (Å²) in [6.07, 6.45) is 1.68. The van der Waals surface area contributed by atoms with Crippen LogP contribution in [0.5, 0.6) is 0 Å². The van der Waals surface area contributed by atoms with E-state index in [1.807, 2.05) is 66.7 Å². The molecule has 0 bridgehead atoms. The van der Waals surface area contributed by atoms with Crippen LogP contribution >= 0.6 is 0 Å². The summed E-state index contributed by atoms with van der Waals surface area (Å²) in [7, 11) is 0. The fourth-order valence-corrected chi connectivity index (χ4v) is 2.20. The molecule has 3 aromatic rings. The van der Waals surface area contributed by atoms with Crippen molar-refractivity contribution in [3.63, 3.8) is 0 Å². The van der Waals surface area contributed by atoms with E-state index in [1.165, 1.54) is 0 Å². The third-order valence-electron chi connectivity index (χ3n) is 3.40. The first-order valence-electron chi connectivity index (χ1n) is 7.09. The van der Waals surface area contributed by atoms with Crippen LogP contribution in [0.1, 0.15) is 5.82 Å². The van der Waals surface area contributed by atoms with Crippen molar-refractivity contribution in [3.8, 4) is 22.5 Å². The van der Waals surface area contributed by atoms with Crippen molar-refractivity contribution in [1.82, 2.24) is 9.97 Å². The van der Waals surface area contributed by atoms with E-state index in [0.717, 1.165) is 28.1 Å². The van der Waals surface area contributed by atoms with Gasteiger partial charge in [0.2, 0.25) is 0 Å². The van der Waals surface area contributed by atoms with Crippen molar-refractivity contribution >= 4 is 5.57 Å². The lowest BCUT2D eigenvalue weighted by Gasteiger charge is -2.08. The number of hydrogen-bond acceptors (Lipinski definition) is 2. The maximum absolute atomic E-state index is 4.62. The Labute approximate surface area is 130 Å². The van der Waals surface area contributed by atoms with Gasteiger partial charge in [-0.05, 0) is 6.07 Å². The van der Waals surface area contributed by atoms with Gasteiger partial charge in [0, 0.05) is 16.7 Å². The molecule has 0 aliphatic carbocycles. The number of hydrogen-bond donors (Lipinski definition) is 0. The third kappa shape index (κ3) is 2.86. The molecule has 0 unspecified atom stereocenters. The van der Waals surface area contributed by atoms with Crippen molar-refractivity contribution in [2.45, 2.75) is 0 Å². The summed E-state index contributed by atoms with van der Waals surface area (Å²) in [5.74, 6) is 0.607. The van der Waals surface area contributed by atoms with Crippen LogP contribution in [0.15, 0.2) is 86.0 Å². The smallest absolute Gasteiger partial charge is 0.159 e. The Morgan fingerprint density at radius 2 is 1.23 bits per heavy atom. The Balaban J connectivity index is 2.19. The lowest BCUT2D eigenvalue weighted by atomic mass is 10.1. The minimum absolute atomic E-state index is 0.607. The summed E-state index contributed by atoms with van der Waals surface area (Å²) in [5, 5.41) is 0. The van der Waals surface area contributed by atoms with Gasteiger partial charge in [0.15, 0.2) is 5.82 Å². The number of benzene rings is 2. The van der Waals surface area contributed by atoms with Gasteiger partial charge in [-0.2, -0.15) is 0 Å². The fraction of sp³-hybridized carbons (Fsp3) is 0.